The number of nitrogens with one attached hydrogen (secondary N) is 1. The lowest BCUT2D eigenvalue weighted by Gasteiger charge is -2.53. The van der Waals surface area contributed by atoms with Gasteiger partial charge in [-0.15, -0.1) is 0 Å². The first-order valence-corrected chi connectivity index (χ1v) is 14.5. The summed E-state index contributed by atoms with van der Waals surface area (Å²) in [6.07, 6.45) is 14.6. The van der Waals surface area contributed by atoms with Gasteiger partial charge in [0.1, 0.15) is 6.10 Å². The summed E-state index contributed by atoms with van der Waals surface area (Å²) in [5, 5.41) is 3.73. The zero-order valence-electron chi connectivity index (χ0n) is 24.7. The summed E-state index contributed by atoms with van der Waals surface area (Å²) in [6, 6.07) is 0. The number of esters is 1. The van der Waals surface area contributed by atoms with Gasteiger partial charge in [-0.2, -0.15) is 0 Å². The molecule has 5 nitrogen and oxygen atoms in total. The Morgan fingerprint density at radius 1 is 0.714 bits per heavy atom. The Kier molecular flexibility index (Phi) is 11.1. The van der Waals surface area contributed by atoms with Gasteiger partial charge >= 0.3 is 5.97 Å². The Bertz CT molecular complexity index is 622. The fourth-order valence-corrected chi connectivity index (χ4v) is 6.64. The van der Waals surface area contributed by atoms with Gasteiger partial charge in [-0.25, -0.2) is 0 Å². The molecule has 2 aliphatic heterocycles. The minimum atomic E-state index is -0.00771. The highest BCUT2D eigenvalue weighted by atomic mass is 16.5. The number of piperidine rings is 2. The zero-order chi connectivity index (χ0) is 26.3. The normalized spacial score (nSPS) is 24.4. The van der Waals surface area contributed by atoms with Crippen LogP contribution in [0.3, 0.4) is 0 Å². The van der Waals surface area contributed by atoms with Crippen LogP contribution >= 0.6 is 0 Å². The fourth-order valence-electron chi connectivity index (χ4n) is 6.64. The third-order valence-corrected chi connectivity index (χ3v) is 8.35. The standard InChI is InChI=1S/C30H58N2O3/c1-27(2)20-24(21-28(3,4)31-27)34-19-17-15-13-11-10-12-14-16-18-26(33)35-25-22-29(5,6)32(9)30(7,8)23-25/h24-25,31H,10-23H2,1-9H3. The molecule has 206 valence electrons. The smallest absolute Gasteiger partial charge is 0.306 e. The molecule has 0 aromatic rings. The lowest BCUT2D eigenvalue weighted by atomic mass is 9.79. The van der Waals surface area contributed by atoms with Crippen LogP contribution in [0, 0.1) is 0 Å². The Hall–Kier alpha value is -0.650. The van der Waals surface area contributed by atoms with E-state index in [-0.39, 0.29) is 34.2 Å². The average molecular weight is 495 g/mol. The van der Waals surface area contributed by atoms with Gasteiger partial charge in [0.05, 0.1) is 6.10 Å². The first kappa shape index (κ1) is 30.6. The maximum Gasteiger partial charge on any atom is 0.306 e. The summed E-state index contributed by atoms with van der Waals surface area (Å²) in [5.41, 5.74) is 0.424. The Balaban J connectivity index is 1.45. The van der Waals surface area contributed by atoms with Crippen LogP contribution in [-0.4, -0.2) is 58.9 Å². The van der Waals surface area contributed by atoms with Crippen molar-refractivity contribution < 1.29 is 14.3 Å². The van der Waals surface area contributed by atoms with Crippen molar-refractivity contribution in [3.05, 3.63) is 0 Å². The van der Waals surface area contributed by atoms with Crippen molar-refractivity contribution in [2.75, 3.05) is 13.7 Å². The van der Waals surface area contributed by atoms with Crippen LogP contribution in [0.25, 0.3) is 0 Å². The molecule has 0 aromatic carbocycles. The molecule has 0 bridgehead atoms. The largest absolute Gasteiger partial charge is 0.462 e. The van der Waals surface area contributed by atoms with Gasteiger partial charge in [0.15, 0.2) is 0 Å². The van der Waals surface area contributed by atoms with E-state index in [0.717, 1.165) is 45.1 Å². The lowest BCUT2D eigenvalue weighted by molar-refractivity contribution is -0.159. The van der Waals surface area contributed by atoms with Crippen LogP contribution in [0.1, 0.15) is 139 Å². The highest BCUT2D eigenvalue weighted by molar-refractivity contribution is 5.69. The topological polar surface area (TPSA) is 50.8 Å². The molecule has 2 rings (SSSR count). The van der Waals surface area contributed by atoms with Crippen molar-refractivity contribution in [2.24, 2.45) is 0 Å². The predicted octanol–water partition coefficient (Wildman–Crippen LogP) is 7.02. The van der Waals surface area contributed by atoms with Gasteiger partial charge in [0.2, 0.25) is 0 Å². The summed E-state index contributed by atoms with van der Waals surface area (Å²) < 4.78 is 12.1. The SMILES string of the molecule is CN1C(C)(C)CC(OC(=O)CCCCCCCCCCOC2CC(C)(C)NC(C)(C)C2)CC1(C)C. The van der Waals surface area contributed by atoms with E-state index < -0.39 is 0 Å². The quantitative estimate of drug-likeness (QED) is 0.220. The predicted molar refractivity (Wildman–Crippen MR) is 147 cm³/mol. The highest BCUT2D eigenvalue weighted by Crippen LogP contribution is 2.38. The van der Waals surface area contributed by atoms with Gasteiger partial charge in [0, 0.05) is 48.0 Å². The molecule has 35 heavy (non-hydrogen) atoms. The highest BCUT2D eigenvalue weighted by Gasteiger charge is 2.44. The van der Waals surface area contributed by atoms with E-state index in [1.165, 1.54) is 38.5 Å². The van der Waals surface area contributed by atoms with Crippen molar-refractivity contribution in [1.82, 2.24) is 10.2 Å². The second-order valence-electron chi connectivity index (χ2n) is 14.1. The molecule has 1 N–H and O–H groups in total. The molecule has 2 fully saturated rings. The number of nitrogens with zero attached hydrogens (tertiary/aromatic N) is 1. The van der Waals surface area contributed by atoms with Crippen LogP contribution in [0.15, 0.2) is 0 Å². The Morgan fingerprint density at radius 2 is 1.17 bits per heavy atom. The number of hydrogen-bond acceptors (Lipinski definition) is 5. The van der Waals surface area contributed by atoms with Gasteiger partial charge in [-0.05, 0) is 88.1 Å². The Labute approximate surface area is 217 Å². The molecule has 2 heterocycles. The third kappa shape index (κ3) is 10.7. The summed E-state index contributed by atoms with van der Waals surface area (Å²) in [4.78, 5) is 14.8. The number of hydrogen-bond donors (Lipinski definition) is 1. The maximum atomic E-state index is 12.4. The van der Waals surface area contributed by atoms with Crippen molar-refractivity contribution >= 4 is 5.97 Å². The number of likely N-dealkylation sites (tertiary alicyclic amines) is 1. The molecule has 0 aliphatic carbocycles. The lowest BCUT2D eigenvalue weighted by Crippen LogP contribution is -2.60. The molecule has 0 atom stereocenters. The summed E-state index contributed by atoms with van der Waals surface area (Å²) in [7, 11) is 2.18. The average Bonchev–Trinajstić information content (AvgIpc) is 2.67. The molecule has 0 spiro atoms. The Morgan fingerprint density at radius 3 is 1.69 bits per heavy atom. The molecule has 2 aliphatic rings. The van der Waals surface area contributed by atoms with Crippen LogP contribution in [0.2, 0.25) is 0 Å². The zero-order valence-corrected chi connectivity index (χ0v) is 24.7. The van der Waals surface area contributed by atoms with Crippen LogP contribution in [-0.2, 0) is 14.3 Å². The van der Waals surface area contributed by atoms with E-state index >= 15 is 0 Å². The first-order valence-electron chi connectivity index (χ1n) is 14.5. The second kappa shape index (κ2) is 12.7. The van der Waals surface area contributed by atoms with E-state index in [9.17, 15) is 4.79 Å². The van der Waals surface area contributed by atoms with E-state index in [1.54, 1.807) is 0 Å². The molecule has 0 saturated carbocycles. The number of rotatable bonds is 13. The third-order valence-electron chi connectivity index (χ3n) is 8.35. The molecule has 2 saturated heterocycles. The van der Waals surface area contributed by atoms with Crippen molar-refractivity contribution in [3.63, 3.8) is 0 Å². The van der Waals surface area contributed by atoms with Crippen LogP contribution in [0.5, 0.6) is 0 Å². The number of ether oxygens (including phenoxy) is 2. The fraction of sp³-hybridized carbons (Fsp3) is 0.967. The second-order valence-corrected chi connectivity index (χ2v) is 14.1. The minimum Gasteiger partial charge on any atom is -0.462 e. The number of carbonyl (C=O) groups excluding carboxylic acids is 1. The molecule has 0 aromatic heterocycles. The van der Waals surface area contributed by atoms with Gasteiger partial charge in [-0.3, -0.25) is 9.69 Å². The van der Waals surface area contributed by atoms with E-state index in [1.807, 2.05) is 0 Å². The number of carbonyl (C=O) groups is 1. The monoisotopic (exact) mass is 494 g/mol. The van der Waals surface area contributed by atoms with Crippen molar-refractivity contribution in [1.29, 1.82) is 0 Å². The molecule has 0 unspecified atom stereocenters. The van der Waals surface area contributed by atoms with Crippen LogP contribution < -0.4 is 5.32 Å². The van der Waals surface area contributed by atoms with Crippen molar-refractivity contribution in [2.45, 2.75) is 173 Å². The van der Waals surface area contributed by atoms with E-state index in [4.69, 9.17) is 9.47 Å². The van der Waals surface area contributed by atoms with Gasteiger partial charge in [0.25, 0.3) is 0 Å². The maximum absolute atomic E-state index is 12.4. The summed E-state index contributed by atoms with van der Waals surface area (Å²) in [6.45, 7) is 19.0. The van der Waals surface area contributed by atoms with Crippen molar-refractivity contribution in [3.8, 4) is 0 Å². The molecule has 0 radical (unpaired) electrons. The van der Waals surface area contributed by atoms with Crippen LogP contribution in [0.4, 0.5) is 0 Å². The molecule has 5 heteroatoms. The molecular formula is C30H58N2O3. The number of unbranched alkanes of at least 4 members (excludes halogenated alkanes) is 7. The van der Waals surface area contributed by atoms with Gasteiger partial charge in [-0.1, -0.05) is 38.5 Å². The first-order chi connectivity index (χ1) is 16.1. The molecule has 0 amide bonds. The molecular weight excluding hydrogens is 436 g/mol. The van der Waals surface area contributed by atoms with E-state index in [0.29, 0.717) is 12.5 Å². The summed E-state index contributed by atoms with van der Waals surface area (Å²) >= 11 is 0. The minimum absolute atomic E-state index is 0.00771. The van der Waals surface area contributed by atoms with Gasteiger partial charge < -0.3 is 14.8 Å². The van der Waals surface area contributed by atoms with E-state index in [2.05, 4.69) is 72.7 Å². The summed E-state index contributed by atoms with van der Waals surface area (Å²) in [5.74, 6) is -0.00771.